The molecule has 1 aromatic carbocycles. The first kappa shape index (κ1) is 20.9. The van der Waals surface area contributed by atoms with Crippen LogP contribution in [0.5, 0.6) is 6.01 Å². The number of nitrogens with one attached hydrogen (secondary N) is 2. The lowest BCUT2D eigenvalue weighted by molar-refractivity contribution is -0.114. The Morgan fingerprint density at radius 2 is 1.79 bits per heavy atom. The highest BCUT2D eigenvalue weighted by molar-refractivity contribution is 7.89. The van der Waals surface area contributed by atoms with E-state index in [0.29, 0.717) is 11.6 Å². The van der Waals surface area contributed by atoms with Crippen molar-refractivity contribution in [3.05, 3.63) is 30.1 Å². The molecule has 1 amide bonds. The third-order valence-electron chi connectivity index (χ3n) is 4.38. The van der Waals surface area contributed by atoms with Gasteiger partial charge in [0, 0.05) is 25.7 Å². The highest BCUT2D eigenvalue weighted by Crippen LogP contribution is 2.18. The number of aromatic nitrogens is 3. The molecule has 0 saturated carbocycles. The third kappa shape index (κ3) is 5.61. The minimum absolute atomic E-state index is 0.0730. The van der Waals surface area contributed by atoms with E-state index in [-0.39, 0.29) is 29.2 Å². The summed E-state index contributed by atoms with van der Waals surface area (Å²) in [6.45, 7) is 2.97. The SMILES string of the molecule is COc1nc(CNS(=O)(=O)c2ccc(NC(C)=O)cc2)nc(N2CCCCC2)n1. The molecule has 1 aliphatic heterocycles. The number of ether oxygens (including phenoxy) is 1. The van der Waals surface area contributed by atoms with Gasteiger partial charge in [-0.3, -0.25) is 4.79 Å². The van der Waals surface area contributed by atoms with Crippen LogP contribution in [0.2, 0.25) is 0 Å². The van der Waals surface area contributed by atoms with Crippen LogP contribution in [0.1, 0.15) is 32.0 Å². The van der Waals surface area contributed by atoms with E-state index in [4.69, 9.17) is 4.74 Å². The van der Waals surface area contributed by atoms with Gasteiger partial charge in [0.1, 0.15) is 0 Å². The summed E-state index contributed by atoms with van der Waals surface area (Å²) >= 11 is 0. The number of piperidine rings is 1. The summed E-state index contributed by atoms with van der Waals surface area (Å²) in [7, 11) is -2.32. The molecule has 0 bridgehead atoms. The molecule has 1 fully saturated rings. The lowest BCUT2D eigenvalue weighted by Crippen LogP contribution is -2.32. The Kier molecular flexibility index (Phi) is 6.60. The number of methoxy groups -OCH3 is 1. The smallest absolute Gasteiger partial charge is 0.321 e. The topological polar surface area (TPSA) is 126 Å². The molecule has 29 heavy (non-hydrogen) atoms. The minimum Gasteiger partial charge on any atom is -0.467 e. The Labute approximate surface area is 169 Å². The first-order valence-corrected chi connectivity index (χ1v) is 10.8. The Morgan fingerprint density at radius 1 is 1.10 bits per heavy atom. The molecule has 2 heterocycles. The van der Waals surface area contributed by atoms with Crippen molar-refractivity contribution in [2.75, 3.05) is 30.4 Å². The zero-order chi connectivity index (χ0) is 20.9. The van der Waals surface area contributed by atoms with Crippen molar-refractivity contribution in [2.24, 2.45) is 0 Å². The van der Waals surface area contributed by atoms with Gasteiger partial charge in [-0.1, -0.05) is 0 Å². The number of nitrogens with zero attached hydrogens (tertiary/aromatic N) is 4. The number of sulfonamides is 1. The molecule has 1 saturated heterocycles. The third-order valence-corrected chi connectivity index (χ3v) is 5.79. The minimum atomic E-state index is -3.78. The summed E-state index contributed by atoms with van der Waals surface area (Å²) in [5, 5.41) is 2.59. The molecule has 0 radical (unpaired) electrons. The molecule has 0 unspecified atom stereocenters. The standard InChI is InChI=1S/C18H24N6O4S/c1-13(25)20-14-6-8-15(9-7-14)29(26,27)19-12-16-21-17(23-18(22-16)28-2)24-10-4-3-5-11-24/h6-9,19H,3-5,10-12H2,1-2H3,(H,20,25). The van der Waals surface area contributed by atoms with Crippen LogP contribution in [0, 0.1) is 0 Å². The van der Waals surface area contributed by atoms with Crippen LogP contribution < -0.4 is 19.7 Å². The molecule has 3 rings (SSSR count). The summed E-state index contributed by atoms with van der Waals surface area (Å²) in [6.07, 6.45) is 3.29. The zero-order valence-electron chi connectivity index (χ0n) is 16.4. The predicted molar refractivity (Wildman–Crippen MR) is 107 cm³/mol. The summed E-state index contributed by atoms with van der Waals surface area (Å²) < 4.78 is 32.8. The van der Waals surface area contributed by atoms with Gasteiger partial charge in [0.25, 0.3) is 0 Å². The molecule has 0 aliphatic carbocycles. The number of rotatable bonds is 7. The first-order valence-electron chi connectivity index (χ1n) is 9.28. The Bertz CT molecular complexity index is 959. The summed E-state index contributed by atoms with van der Waals surface area (Å²) in [6, 6.07) is 6.03. The van der Waals surface area contributed by atoms with Crippen molar-refractivity contribution < 1.29 is 17.9 Å². The lowest BCUT2D eigenvalue weighted by Gasteiger charge is -2.26. The van der Waals surface area contributed by atoms with Gasteiger partial charge in [-0.05, 0) is 43.5 Å². The quantitative estimate of drug-likeness (QED) is 0.686. The van der Waals surface area contributed by atoms with Crippen molar-refractivity contribution in [1.29, 1.82) is 0 Å². The number of benzene rings is 1. The first-order chi connectivity index (χ1) is 13.9. The van der Waals surface area contributed by atoms with Crippen LogP contribution >= 0.6 is 0 Å². The molecule has 0 spiro atoms. The molecule has 2 aromatic rings. The van der Waals surface area contributed by atoms with Gasteiger partial charge in [-0.25, -0.2) is 13.1 Å². The molecule has 1 aliphatic rings. The van der Waals surface area contributed by atoms with E-state index >= 15 is 0 Å². The van der Waals surface area contributed by atoms with Crippen LogP contribution in [-0.4, -0.2) is 49.5 Å². The number of carbonyl (C=O) groups excluding carboxylic acids is 1. The van der Waals surface area contributed by atoms with E-state index in [1.54, 1.807) is 0 Å². The van der Waals surface area contributed by atoms with E-state index in [9.17, 15) is 13.2 Å². The van der Waals surface area contributed by atoms with Crippen molar-refractivity contribution in [3.8, 4) is 6.01 Å². The number of carbonyl (C=O) groups is 1. The predicted octanol–water partition coefficient (Wildman–Crippen LogP) is 1.31. The van der Waals surface area contributed by atoms with E-state index < -0.39 is 10.0 Å². The maximum absolute atomic E-state index is 12.6. The van der Waals surface area contributed by atoms with Gasteiger partial charge in [0.2, 0.25) is 21.9 Å². The average molecular weight is 420 g/mol. The second-order valence-electron chi connectivity index (χ2n) is 6.62. The summed E-state index contributed by atoms with van der Waals surface area (Å²) in [5.74, 6) is 0.535. The second-order valence-corrected chi connectivity index (χ2v) is 8.38. The monoisotopic (exact) mass is 420 g/mol. The van der Waals surface area contributed by atoms with Gasteiger partial charge in [0.15, 0.2) is 5.82 Å². The summed E-state index contributed by atoms with van der Waals surface area (Å²) in [5.41, 5.74) is 0.518. The molecule has 11 heteroatoms. The maximum atomic E-state index is 12.6. The number of anilines is 2. The van der Waals surface area contributed by atoms with Crippen LogP contribution in [-0.2, 0) is 21.4 Å². The fraction of sp³-hybridized carbons (Fsp3) is 0.444. The maximum Gasteiger partial charge on any atom is 0.321 e. The zero-order valence-corrected chi connectivity index (χ0v) is 17.2. The summed E-state index contributed by atoms with van der Waals surface area (Å²) in [4.78, 5) is 26.0. The van der Waals surface area contributed by atoms with Gasteiger partial charge in [0.05, 0.1) is 18.6 Å². The van der Waals surface area contributed by atoms with Crippen LogP contribution in [0.25, 0.3) is 0 Å². The van der Waals surface area contributed by atoms with Crippen molar-refractivity contribution in [2.45, 2.75) is 37.6 Å². The van der Waals surface area contributed by atoms with Crippen molar-refractivity contribution >= 4 is 27.6 Å². The Balaban J connectivity index is 1.73. The van der Waals surface area contributed by atoms with Gasteiger partial charge >= 0.3 is 6.01 Å². The highest BCUT2D eigenvalue weighted by atomic mass is 32.2. The van der Waals surface area contributed by atoms with Crippen LogP contribution in [0.15, 0.2) is 29.2 Å². The van der Waals surface area contributed by atoms with Gasteiger partial charge < -0.3 is 15.0 Å². The largest absolute Gasteiger partial charge is 0.467 e. The highest BCUT2D eigenvalue weighted by Gasteiger charge is 2.19. The molecule has 2 N–H and O–H groups in total. The van der Waals surface area contributed by atoms with Crippen LogP contribution in [0.3, 0.4) is 0 Å². The molecule has 0 atom stereocenters. The normalized spacial score (nSPS) is 14.5. The van der Waals surface area contributed by atoms with E-state index in [0.717, 1.165) is 25.9 Å². The number of amides is 1. The van der Waals surface area contributed by atoms with Crippen molar-refractivity contribution in [1.82, 2.24) is 19.7 Å². The Morgan fingerprint density at radius 3 is 2.41 bits per heavy atom. The van der Waals surface area contributed by atoms with Gasteiger partial charge in [-0.2, -0.15) is 15.0 Å². The lowest BCUT2D eigenvalue weighted by atomic mass is 10.1. The fourth-order valence-corrected chi connectivity index (χ4v) is 3.94. The molecule has 10 nitrogen and oxygen atoms in total. The molecule has 156 valence electrons. The van der Waals surface area contributed by atoms with E-state index in [2.05, 4.69) is 25.0 Å². The molecular weight excluding hydrogens is 396 g/mol. The molecular formula is C18H24N6O4S. The van der Waals surface area contributed by atoms with Crippen LogP contribution in [0.4, 0.5) is 11.6 Å². The number of hydrogen-bond acceptors (Lipinski definition) is 8. The average Bonchev–Trinajstić information content (AvgIpc) is 2.73. The van der Waals surface area contributed by atoms with Crippen molar-refractivity contribution in [3.63, 3.8) is 0 Å². The van der Waals surface area contributed by atoms with E-state index in [1.807, 2.05) is 4.90 Å². The van der Waals surface area contributed by atoms with E-state index in [1.165, 1.54) is 44.7 Å². The molecule has 1 aromatic heterocycles. The number of hydrogen-bond donors (Lipinski definition) is 2. The Hall–Kier alpha value is -2.79. The fourth-order valence-electron chi connectivity index (χ4n) is 2.96. The van der Waals surface area contributed by atoms with Gasteiger partial charge in [-0.15, -0.1) is 0 Å². The second kappa shape index (κ2) is 9.14.